The largest absolute Gasteiger partial charge is 0.493 e. The second kappa shape index (κ2) is 3.36. The van der Waals surface area contributed by atoms with E-state index < -0.39 is 0 Å². The highest BCUT2D eigenvalue weighted by Gasteiger charge is 2.07. The summed E-state index contributed by atoms with van der Waals surface area (Å²) in [6.07, 6.45) is 1.42. The zero-order valence-electron chi connectivity index (χ0n) is 7.48. The Balaban J connectivity index is 2.69. The minimum atomic E-state index is 0.236. The van der Waals surface area contributed by atoms with Crippen LogP contribution in [-0.4, -0.2) is 13.2 Å². The molecule has 0 saturated heterocycles. The van der Waals surface area contributed by atoms with Gasteiger partial charge in [0.15, 0.2) is 11.3 Å². The summed E-state index contributed by atoms with van der Waals surface area (Å²) in [6.45, 7) is 0. The molecule has 14 heavy (non-hydrogen) atoms. The van der Waals surface area contributed by atoms with Gasteiger partial charge in [-0.25, -0.2) is 4.79 Å². The SMILES string of the molecule is COc1cccc2cc(N=C=O)oc12. The van der Waals surface area contributed by atoms with Gasteiger partial charge < -0.3 is 9.15 Å². The van der Waals surface area contributed by atoms with Gasteiger partial charge in [0, 0.05) is 11.5 Å². The van der Waals surface area contributed by atoms with Crippen molar-refractivity contribution >= 4 is 22.9 Å². The molecule has 0 fully saturated rings. The summed E-state index contributed by atoms with van der Waals surface area (Å²) in [7, 11) is 1.56. The third-order valence-electron chi connectivity index (χ3n) is 1.87. The number of isocyanates is 1. The molecule has 0 aliphatic rings. The summed E-state index contributed by atoms with van der Waals surface area (Å²) in [5, 5.41) is 0.846. The third-order valence-corrected chi connectivity index (χ3v) is 1.87. The summed E-state index contributed by atoms with van der Waals surface area (Å²) in [5.74, 6) is 0.856. The maximum atomic E-state index is 10.0. The zero-order valence-corrected chi connectivity index (χ0v) is 7.48. The molecule has 0 unspecified atom stereocenters. The minimum absolute atomic E-state index is 0.236. The number of nitrogens with zero attached hydrogens (tertiary/aromatic N) is 1. The van der Waals surface area contributed by atoms with Gasteiger partial charge in [-0.05, 0) is 6.07 Å². The molecule has 4 nitrogen and oxygen atoms in total. The number of benzene rings is 1. The normalized spacial score (nSPS) is 9.79. The van der Waals surface area contributed by atoms with E-state index in [1.165, 1.54) is 6.08 Å². The fourth-order valence-corrected chi connectivity index (χ4v) is 1.28. The molecule has 1 aromatic heterocycles. The van der Waals surface area contributed by atoms with E-state index in [1.807, 2.05) is 12.1 Å². The van der Waals surface area contributed by atoms with Crippen LogP contribution in [0.15, 0.2) is 33.7 Å². The van der Waals surface area contributed by atoms with Crippen LogP contribution in [0.3, 0.4) is 0 Å². The van der Waals surface area contributed by atoms with Crippen molar-refractivity contribution in [3.63, 3.8) is 0 Å². The summed E-state index contributed by atoms with van der Waals surface area (Å²) in [4.78, 5) is 13.4. The van der Waals surface area contributed by atoms with E-state index in [0.717, 1.165) is 5.39 Å². The first-order valence-electron chi connectivity index (χ1n) is 3.99. The van der Waals surface area contributed by atoms with Crippen molar-refractivity contribution in [2.24, 2.45) is 4.99 Å². The summed E-state index contributed by atoms with van der Waals surface area (Å²) in [6, 6.07) is 7.12. The number of fused-ring (bicyclic) bond motifs is 1. The number of methoxy groups -OCH3 is 1. The number of ether oxygens (including phenoxy) is 1. The second-order valence-electron chi connectivity index (χ2n) is 2.67. The lowest BCUT2D eigenvalue weighted by Crippen LogP contribution is -1.81. The van der Waals surface area contributed by atoms with E-state index >= 15 is 0 Å². The Morgan fingerprint density at radius 1 is 1.50 bits per heavy atom. The topological polar surface area (TPSA) is 51.8 Å². The van der Waals surface area contributed by atoms with Crippen LogP contribution >= 0.6 is 0 Å². The lowest BCUT2D eigenvalue weighted by molar-refractivity contribution is 0.411. The third kappa shape index (κ3) is 1.28. The lowest BCUT2D eigenvalue weighted by atomic mass is 10.2. The van der Waals surface area contributed by atoms with Gasteiger partial charge >= 0.3 is 0 Å². The van der Waals surface area contributed by atoms with Crippen LogP contribution in [0.4, 0.5) is 5.88 Å². The van der Waals surface area contributed by atoms with Crippen molar-refractivity contribution in [3.8, 4) is 5.75 Å². The summed E-state index contributed by atoms with van der Waals surface area (Å²) < 4.78 is 10.4. The van der Waals surface area contributed by atoms with Crippen LogP contribution < -0.4 is 4.74 Å². The maximum Gasteiger partial charge on any atom is 0.243 e. The van der Waals surface area contributed by atoms with Crippen LogP contribution in [0.25, 0.3) is 11.0 Å². The standard InChI is InChI=1S/C10H7NO3/c1-13-8-4-2-3-7-5-9(11-6-12)14-10(7)8/h2-5H,1H3. The molecular formula is C10H7NO3. The van der Waals surface area contributed by atoms with Gasteiger partial charge in [0.25, 0.3) is 0 Å². The fourth-order valence-electron chi connectivity index (χ4n) is 1.28. The Morgan fingerprint density at radius 2 is 2.36 bits per heavy atom. The van der Waals surface area contributed by atoms with Crippen LogP contribution in [0, 0.1) is 0 Å². The Morgan fingerprint density at radius 3 is 3.07 bits per heavy atom. The van der Waals surface area contributed by atoms with Gasteiger partial charge in [0.2, 0.25) is 12.0 Å². The van der Waals surface area contributed by atoms with Crippen LogP contribution in [0.1, 0.15) is 0 Å². The number of carbonyl (C=O) groups excluding carboxylic acids is 1. The zero-order chi connectivity index (χ0) is 9.97. The lowest BCUT2D eigenvalue weighted by Gasteiger charge is -1.97. The Kier molecular flexibility index (Phi) is 2.05. The van der Waals surface area contributed by atoms with E-state index in [4.69, 9.17) is 9.15 Å². The predicted octanol–water partition coefficient (Wildman–Crippen LogP) is 2.41. The second-order valence-corrected chi connectivity index (χ2v) is 2.67. The van der Waals surface area contributed by atoms with Crippen molar-refractivity contribution in [1.29, 1.82) is 0 Å². The Hall–Kier alpha value is -2.06. The number of hydrogen-bond donors (Lipinski definition) is 0. The molecule has 0 bridgehead atoms. The molecule has 2 rings (SSSR count). The molecule has 0 spiro atoms. The molecule has 0 N–H and O–H groups in total. The average Bonchev–Trinajstić information content (AvgIpc) is 2.60. The summed E-state index contributed by atoms with van der Waals surface area (Å²) in [5.41, 5.74) is 0.587. The van der Waals surface area contributed by atoms with Gasteiger partial charge in [-0.2, -0.15) is 0 Å². The number of furan rings is 1. The van der Waals surface area contributed by atoms with Gasteiger partial charge in [-0.15, -0.1) is 4.99 Å². The number of hydrogen-bond acceptors (Lipinski definition) is 4. The van der Waals surface area contributed by atoms with E-state index in [1.54, 1.807) is 19.2 Å². The molecule has 0 radical (unpaired) electrons. The highest BCUT2D eigenvalue weighted by molar-refractivity contribution is 5.85. The average molecular weight is 189 g/mol. The minimum Gasteiger partial charge on any atom is -0.493 e. The Bertz CT molecular complexity index is 509. The van der Waals surface area contributed by atoms with Gasteiger partial charge in [0.05, 0.1) is 7.11 Å². The first kappa shape index (κ1) is 8.53. The molecule has 4 heteroatoms. The molecular weight excluding hydrogens is 182 g/mol. The van der Waals surface area contributed by atoms with Gasteiger partial charge in [-0.1, -0.05) is 12.1 Å². The van der Waals surface area contributed by atoms with Crippen molar-refractivity contribution < 1.29 is 13.9 Å². The quantitative estimate of drug-likeness (QED) is 0.538. The van der Waals surface area contributed by atoms with Crippen LogP contribution in [0.2, 0.25) is 0 Å². The molecule has 0 atom stereocenters. The molecule has 0 amide bonds. The van der Waals surface area contributed by atoms with E-state index in [9.17, 15) is 4.79 Å². The van der Waals surface area contributed by atoms with Gasteiger partial charge in [0.1, 0.15) is 0 Å². The first-order valence-corrected chi connectivity index (χ1v) is 3.99. The maximum absolute atomic E-state index is 10.0. The fraction of sp³-hybridized carbons (Fsp3) is 0.100. The predicted molar refractivity (Wildman–Crippen MR) is 50.5 cm³/mol. The van der Waals surface area contributed by atoms with Crippen molar-refractivity contribution in [3.05, 3.63) is 24.3 Å². The monoisotopic (exact) mass is 189 g/mol. The number of aliphatic imine (C=N–C) groups is 1. The summed E-state index contributed by atoms with van der Waals surface area (Å²) >= 11 is 0. The van der Waals surface area contributed by atoms with Gasteiger partial charge in [-0.3, -0.25) is 0 Å². The van der Waals surface area contributed by atoms with E-state index in [-0.39, 0.29) is 5.88 Å². The number of para-hydroxylation sites is 1. The van der Waals surface area contributed by atoms with Crippen LogP contribution in [0.5, 0.6) is 5.75 Å². The molecule has 0 saturated carbocycles. The van der Waals surface area contributed by atoms with Crippen LogP contribution in [-0.2, 0) is 4.79 Å². The number of rotatable bonds is 2. The molecule has 0 aliphatic carbocycles. The smallest absolute Gasteiger partial charge is 0.243 e. The van der Waals surface area contributed by atoms with Crippen molar-refractivity contribution in [2.75, 3.05) is 7.11 Å². The van der Waals surface area contributed by atoms with Crippen molar-refractivity contribution in [2.45, 2.75) is 0 Å². The van der Waals surface area contributed by atoms with E-state index in [2.05, 4.69) is 4.99 Å². The van der Waals surface area contributed by atoms with E-state index in [0.29, 0.717) is 11.3 Å². The first-order chi connectivity index (χ1) is 6.85. The molecule has 70 valence electrons. The molecule has 0 aliphatic heterocycles. The molecule has 2 aromatic rings. The molecule has 1 heterocycles. The highest BCUT2D eigenvalue weighted by atomic mass is 16.5. The Labute approximate surface area is 79.8 Å². The van der Waals surface area contributed by atoms with Crippen molar-refractivity contribution in [1.82, 2.24) is 0 Å². The molecule has 1 aromatic carbocycles. The highest BCUT2D eigenvalue weighted by Crippen LogP contribution is 2.31.